The Morgan fingerprint density at radius 2 is 2.08 bits per heavy atom. The van der Waals surface area contributed by atoms with Crippen LogP contribution >= 0.6 is 39.1 Å². The van der Waals surface area contributed by atoms with E-state index in [0.29, 0.717) is 11.8 Å². The van der Waals surface area contributed by atoms with E-state index in [1.54, 1.807) is 0 Å². The zero-order valence-corrected chi connectivity index (χ0v) is 9.67. The summed E-state index contributed by atoms with van der Waals surface area (Å²) in [5.41, 5.74) is 2.80. The molecule has 0 N–H and O–H groups in total. The first kappa shape index (κ1) is 10.3. The number of hydrogen-bond donors (Lipinski definition) is 0. The minimum absolute atomic E-state index is 0.413. The molecule has 1 rings (SSSR count). The van der Waals surface area contributed by atoms with Crippen molar-refractivity contribution in [2.24, 2.45) is 0 Å². The molecule has 12 heavy (non-hydrogen) atoms. The van der Waals surface area contributed by atoms with E-state index in [-0.39, 0.29) is 0 Å². The number of pyridine rings is 1. The molecule has 0 radical (unpaired) electrons. The Kier molecular flexibility index (Phi) is 3.81. The van der Waals surface area contributed by atoms with Crippen molar-refractivity contribution >= 4 is 39.1 Å². The van der Waals surface area contributed by atoms with Crippen LogP contribution < -0.4 is 0 Å². The van der Waals surface area contributed by atoms with Gasteiger partial charge in [-0.05, 0) is 34.5 Å². The zero-order chi connectivity index (χ0) is 9.14. The highest BCUT2D eigenvalue weighted by molar-refractivity contribution is 9.10. The Morgan fingerprint density at radius 1 is 1.42 bits per heavy atom. The molecule has 0 aromatic carbocycles. The molecule has 0 saturated heterocycles. The van der Waals surface area contributed by atoms with Crippen molar-refractivity contribution in [2.45, 2.75) is 18.7 Å². The molecule has 0 atom stereocenters. The third-order valence-electron chi connectivity index (χ3n) is 1.59. The normalized spacial score (nSPS) is 10.3. The lowest BCUT2D eigenvalue weighted by Gasteiger charge is -2.05. The Balaban J connectivity index is 3.19. The second-order valence-electron chi connectivity index (χ2n) is 2.43. The Hall–Kier alpha value is 0.210. The van der Waals surface area contributed by atoms with E-state index < -0.39 is 0 Å². The molecular weight excluding hydrogens is 261 g/mol. The van der Waals surface area contributed by atoms with Gasteiger partial charge in [-0.3, -0.25) is 4.98 Å². The van der Waals surface area contributed by atoms with Gasteiger partial charge >= 0.3 is 0 Å². The van der Waals surface area contributed by atoms with Gasteiger partial charge < -0.3 is 0 Å². The molecule has 0 saturated carbocycles. The third-order valence-corrected chi connectivity index (χ3v) is 2.93. The number of hydrogen-bond acceptors (Lipinski definition) is 1. The summed E-state index contributed by atoms with van der Waals surface area (Å²) in [6, 6.07) is 1.97. The van der Waals surface area contributed by atoms with Crippen molar-refractivity contribution in [3.63, 3.8) is 0 Å². The SMILES string of the molecule is Cc1nc(CCl)c(CCl)cc1Br. The van der Waals surface area contributed by atoms with Gasteiger partial charge in [0.25, 0.3) is 0 Å². The van der Waals surface area contributed by atoms with Gasteiger partial charge in [-0.25, -0.2) is 0 Å². The highest BCUT2D eigenvalue weighted by atomic mass is 79.9. The van der Waals surface area contributed by atoms with E-state index in [1.165, 1.54) is 0 Å². The summed E-state index contributed by atoms with van der Waals surface area (Å²) in [7, 11) is 0. The highest BCUT2D eigenvalue weighted by Gasteiger charge is 2.05. The quantitative estimate of drug-likeness (QED) is 0.747. The summed E-state index contributed by atoms with van der Waals surface area (Å²) < 4.78 is 0.979. The lowest BCUT2D eigenvalue weighted by atomic mass is 10.2. The maximum atomic E-state index is 5.72. The van der Waals surface area contributed by atoms with Crippen LogP contribution in [0.1, 0.15) is 17.0 Å². The molecular formula is C8H8BrCl2N. The fraction of sp³-hybridized carbons (Fsp3) is 0.375. The number of nitrogens with zero attached hydrogens (tertiary/aromatic N) is 1. The second kappa shape index (κ2) is 4.45. The van der Waals surface area contributed by atoms with Crippen LogP contribution in [0.4, 0.5) is 0 Å². The fourth-order valence-electron chi connectivity index (χ4n) is 0.900. The van der Waals surface area contributed by atoms with Crippen molar-refractivity contribution in [1.29, 1.82) is 0 Å². The molecule has 4 heteroatoms. The molecule has 0 unspecified atom stereocenters. The third kappa shape index (κ3) is 2.12. The molecule has 0 aliphatic heterocycles. The van der Waals surface area contributed by atoms with Crippen LogP contribution in [-0.4, -0.2) is 4.98 Å². The molecule has 0 amide bonds. The van der Waals surface area contributed by atoms with Crippen LogP contribution in [0, 0.1) is 6.92 Å². The maximum Gasteiger partial charge on any atom is 0.0650 e. The largest absolute Gasteiger partial charge is 0.255 e. The summed E-state index contributed by atoms with van der Waals surface area (Å²) in [4.78, 5) is 4.30. The van der Waals surface area contributed by atoms with Crippen LogP contribution in [-0.2, 0) is 11.8 Å². The molecule has 1 aromatic rings. The van der Waals surface area contributed by atoms with Crippen LogP contribution in [0.5, 0.6) is 0 Å². The summed E-state index contributed by atoms with van der Waals surface area (Å²) in [6.45, 7) is 1.93. The number of halogens is 3. The van der Waals surface area contributed by atoms with Crippen LogP contribution in [0.25, 0.3) is 0 Å². The standard InChI is InChI=1S/C8H8BrCl2N/c1-5-7(9)2-6(3-10)8(4-11)12-5/h2H,3-4H2,1H3. The molecule has 0 fully saturated rings. The molecule has 66 valence electrons. The molecule has 1 nitrogen and oxygen atoms in total. The van der Waals surface area contributed by atoms with Crippen LogP contribution in [0.2, 0.25) is 0 Å². The monoisotopic (exact) mass is 267 g/mol. The minimum atomic E-state index is 0.413. The van der Waals surface area contributed by atoms with Gasteiger partial charge in [0.2, 0.25) is 0 Å². The van der Waals surface area contributed by atoms with Crippen molar-refractivity contribution < 1.29 is 0 Å². The van der Waals surface area contributed by atoms with Crippen LogP contribution in [0.3, 0.4) is 0 Å². The summed E-state index contributed by atoms with van der Waals surface area (Å²) in [6.07, 6.45) is 0. The number of aromatic nitrogens is 1. The van der Waals surface area contributed by atoms with E-state index >= 15 is 0 Å². The van der Waals surface area contributed by atoms with Crippen molar-refractivity contribution in [3.8, 4) is 0 Å². The van der Waals surface area contributed by atoms with Gasteiger partial charge in [0.05, 0.1) is 17.3 Å². The average Bonchev–Trinajstić information content (AvgIpc) is 2.09. The predicted molar refractivity (Wildman–Crippen MR) is 55.8 cm³/mol. The first-order valence-corrected chi connectivity index (χ1v) is 5.32. The van der Waals surface area contributed by atoms with E-state index in [4.69, 9.17) is 23.2 Å². The first-order valence-electron chi connectivity index (χ1n) is 3.46. The number of alkyl halides is 2. The Morgan fingerprint density at radius 3 is 2.58 bits per heavy atom. The topological polar surface area (TPSA) is 12.9 Å². The molecule has 0 bridgehead atoms. The summed E-state index contributed by atoms with van der Waals surface area (Å²) in [5, 5.41) is 0. The van der Waals surface area contributed by atoms with Crippen LogP contribution in [0.15, 0.2) is 10.5 Å². The minimum Gasteiger partial charge on any atom is -0.255 e. The summed E-state index contributed by atoms with van der Waals surface area (Å²) >= 11 is 14.8. The van der Waals surface area contributed by atoms with Gasteiger partial charge in [0.15, 0.2) is 0 Å². The highest BCUT2D eigenvalue weighted by Crippen LogP contribution is 2.20. The number of rotatable bonds is 2. The average molecular weight is 269 g/mol. The smallest absolute Gasteiger partial charge is 0.0650 e. The molecule has 0 aliphatic rings. The zero-order valence-electron chi connectivity index (χ0n) is 6.57. The van der Waals surface area contributed by atoms with Crippen molar-refractivity contribution in [1.82, 2.24) is 4.98 Å². The number of aryl methyl sites for hydroxylation is 1. The predicted octanol–water partition coefficient (Wildman–Crippen LogP) is 3.63. The van der Waals surface area contributed by atoms with E-state index in [2.05, 4.69) is 20.9 Å². The van der Waals surface area contributed by atoms with Gasteiger partial charge in [0, 0.05) is 10.4 Å². The van der Waals surface area contributed by atoms with E-state index in [0.717, 1.165) is 21.4 Å². The lowest BCUT2D eigenvalue weighted by molar-refractivity contribution is 1.05. The van der Waals surface area contributed by atoms with Gasteiger partial charge in [-0.15, -0.1) is 23.2 Å². The van der Waals surface area contributed by atoms with Gasteiger partial charge in [-0.2, -0.15) is 0 Å². The van der Waals surface area contributed by atoms with Gasteiger partial charge in [0.1, 0.15) is 0 Å². The van der Waals surface area contributed by atoms with E-state index in [9.17, 15) is 0 Å². The lowest BCUT2D eigenvalue weighted by Crippen LogP contribution is -1.96. The molecule has 1 aromatic heterocycles. The van der Waals surface area contributed by atoms with Crippen molar-refractivity contribution in [2.75, 3.05) is 0 Å². The molecule has 0 aliphatic carbocycles. The Labute approximate surface area is 90.2 Å². The summed E-state index contributed by atoms with van der Waals surface area (Å²) in [5.74, 6) is 0.865. The molecule has 1 heterocycles. The fourth-order valence-corrected chi connectivity index (χ4v) is 1.73. The van der Waals surface area contributed by atoms with E-state index in [1.807, 2.05) is 13.0 Å². The second-order valence-corrected chi connectivity index (χ2v) is 3.82. The van der Waals surface area contributed by atoms with Crippen molar-refractivity contribution in [3.05, 3.63) is 27.5 Å². The first-order chi connectivity index (χ1) is 5.69. The maximum absolute atomic E-state index is 5.72. The Bertz CT molecular complexity index is 260. The molecule has 0 spiro atoms. The van der Waals surface area contributed by atoms with Gasteiger partial charge in [-0.1, -0.05) is 0 Å².